The molecule has 126 valence electrons. The highest BCUT2D eigenvalue weighted by atomic mass is 16.5. The quantitative estimate of drug-likeness (QED) is 0.843. The van der Waals surface area contributed by atoms with Gasteiger partial charge in [0.1, 0.15) is 0 Å². The van der Waals surface area contributed by atoms with Crippen LogP contribution in [0.3, 0.4) is 0 Å². The van der Waals surface area contributed by atoms with Crippen LogP contribution < -0.4 is 0 Å². The molecule has 2 aliphatic heterocycles. The first-order valence-electron chi connectivity index (χ1n) is 8.93. The Hall–Kier alpha value is -1.40. The topological polar surface area (TPSA) is 50.6 Å². The molecule has 1 aliphatic carbocycles. The first-order chi connectivity index (χ1) is 11.3. The molecule has 2 saturated heterocycles. The zero-order valence-corrected chi connectivity index (χ0v) is 13.7. The molecule has 3 aliphatic rings. The van der Waals surface area contributed by atoms with E-state index in [2.05, 4.69) is 20.7 Å². The summed E-state index contributed by atoms with van der Waals surface area (Å²) in [6.07, 6.45) is 7.99. The van der Waals surface area contributed by atoms with E-state index in [4.69, 9.17) is 4.74 Å². The Morgan fingerprint density at radius 3 is 2.78 bits per heavy atom. The van der Waals surface area contributed by atoms with Gasteiger partial charge in [0.05, 0.1) is 30.9 Å². The molecule has 0 radical (unpaired) electrons. The fourth-order valence-corrected chi connectivity index (χ4v) is 4.20. The molecule has 23 heavy (non-hydrogen) atoms. The maximum absolute atomic E-state index is 12.5. The van der Waals surface area contributed by atoms with Crippen LogP contribution in [0.25, 0.3) is 0 Å². The minimum atomic E-state index is 0.249. The van der Waals surface area contributed by atoms with Crippen molar-refractivity contribution in [3.05, 3.63) is 18.0 Å². The summed E-state index contributed by atoms with van der Waals surface area (Å²) in [6.45, 7) is 4.62. The fourth-order valence-electron chi connectivity index (χ4n) is 4.20. The Balaban J connectivity index is 1.37. The SMILES string of the molecule is O=C1CN(Cc2ccnn2C2CCCC2)CCN1C1CCOC1. The van der Waals surface area contributed by atoms with Gasteiger partial charge in [-0.05, 0) is 25.3 Å². The third-order valence-corrected chi connectivity index (χ3v) is 5.49. The molecule has 1 aromatic rings. The fraction of sp³-hybridized carbons (Fsp3) is 0.765. The molecule has 4 rings (SSSR count). The number of ether oxygens (including phenoxy) is 1. The predicted octanol–water partition coefficient (Wildman–Crippen LogP) is 1.43. The van der Waals surface area contributed by atoms with E-state index in [9.17, 15) is 4.79 Å². The highest BCUT2D eigenvalue weighted by Crippen LogP contribution is 2.30. The van der Waals surface area contributed by atoms with Crippen LogP contribution in [0.2, 0.25) is 0 Å². The number of hydrogen-bond donors (Lipinski definition) is 0. The molecule has 6 heteroatoms. The van der Waals surface area contributed by atoms with Gasteiger partial charge in [-0.25, -0.2) is 0 Å². The highest BCUT2D eigenvalue weighted by Gasteiger charge is 2.32. The van der Waals surface area contributed by atoms with Gasteiger partial charge >= 0.3 is 0 Å². The first-order valence-corrected chi connectivity index (χ1v) is 8.93. The van der Waals surface area contributed by atoms with E-state index < -0.39 is 0 Å². The number of piperazine rings is 1. The van der Waals surface area contributed by atoms with Crippen LogP contribution in [-0.2, 0) is 16.1 Å². The van der Waals surface area contributed by atoms with E-state index in [1.54, 1.807) is 0 Å². The summed E-state index contributed by atoms with van der Waals surface area (Å²) in [6, 6.07) is 2.97. The van der Waals surface area contributed by atoms with Gasteiger partial charge in [0.2, 0.25) is 5.91 Å². The smallest absolute Gasteiger partial charge is 0.237 e. The zero-order chi connectivity index (χ0) is 15.6. The van der Waals surface area contributed by atoms with Crippen molar-refractivity contribution in [2.24, 2.45) is 0 Å². The number of carbonyl (C=O) groups excluding carboxylic acids is 1. The van der Waals surface area contributed by atoms with Crippen molar-refractivity contribution >= 4 is 5.91 Å². The van der Waals surface area contributed by atoms with Gasteiger partial charge in [-0.15, -0.1) is 0 Å². The summed E-state index contributed by atoms with van der Waals surface area (Å²) in [4.78, 5) is 16.8. The Morgan fingerprint density at radius 1 is 1.17 bits per heavy atom. The third-order valence-electron chi connectivity index (χ3n) is 5.49. The second-order valence-electron chi connectivity index (χ2n) is 7.02. The van der Waals surface area contributed by atoms with Crippen LogP contribution in [-0.4, -0.2) is 64.4 Å². The molecule has 3 heterocycles. The summed E-state index contributed by atoms with van der Waals surface area (Å²) in [5.41, 5.74) is 1.25. The lowest BCUT2D eigenvalue weighted by Crippen LogP contribution is -2.54. The van der Waals surface area contributed by atoms with Crippen LogP contribution in [0.4, 0.5) is 0 Å². The number of amides is 1. The lowest BCUT2D eigenvalue weighted by atomic mass is 10.1. The summed E-state index contributed by atoms with van der Waals surface area (Å²) in [5.74, 6) is 0.249. The summed E-state index contributed by atoms with van der Waals surface area (Å²) >= 11 is 0. The van der Waals surface area contributed by atoms with Crippen LogP contribution in [0.1, 0.15) is 43.8 Å². The Kier molecular flexibility index (Phi) is 4.35. The lowest BCUT2D eigenvalue weighted by molar-refractivity contribution is -0.139. The molecule has 1 saturated carbocycles. The monoisotopic (exact) mass is 318 g/mol. The van der Waals surface area contributed by atoms with Crippen molar-refractivity contribution in [2.45, 2.75) is 50.7 Å². The number of nitrogens with zero attached hydrogens (tertiary/aromatic N) is 4. The second-order valence-corrected chi connectivity index (χ2v) is 7.02. The largest absolute Gasteiger partial charge is 0.379 e. The van der Waals surface area contributed by atoms with E-state index in [1.807, 2.05) is 11.1 Å². The molecular formula is C17H26N4O2. The molecule has 6 nitrogen and oxygen atoms in total. The van der Waals surface area contributed by atoms with Gasteiger partial charge in [0.25, 0.3) is 0 Å². The molecule has 0 N–H and O–H groups in total. The third kappa shape index (κ3) is 3.15. The summed E-state index contributed by atoms with van der Waals surface area (Å²) in [7, 11) is 0. The number of hydrogen-bond acceptors (Lipinski definition) is 4. The molecule has 1 aromatic heterocycles. The van der Waals surface area contributed by atoms with Crippen molar-refractivity contribution in [3.8, 4) is 0 Å². The molecule has 0 bridgehead atoms. The van der Waals surface area contributed by atoms with Gasteiger partial charge in [-0.2, -0.15) is 5.10 Å². The first kappa shape index (κ1) is 15.1. The van der Waals surface area contributed by atoms with Crippen molar-refractivity contribution in [1.82, 2.24) is 19.6 Å². The maximum atomic E-state index is 12.5. The average Bonchev–Trinajstić information content (AvgIpc) is 3.30. The average molecular weight is 318 g/mol. The molecule has 0 spiro atoms. The van der Waals surface area contributed by atoms with Gasteiger partial charge in [0.15, 0.2) is 0 Å². The minimum absolute atomic E-state index is 0.249. The molecule has 1 atom stereocenters. The normalized spacial score (nSPS) is 27.2. The van der Waals surface area contributed by atoms with Crippen LogP contribution in [0.15, 0.2) is 12.3 Å². The minimum Gasteiger partial charge on any atom is -0.379 e. The van der Waals surface area contributed by atoms with E-state index in [-0.39, 0.29) is 5.91 Å². The predicted molar refractivity (Wildman–Crippen MR) is 85.9 cm³/mol. The van der Waals surface area contributed by atoms with Gasteiger partial charge in [-0.3, -0.25) is 14.4 Å². The van der Waals surface area contributed by atoms with E-state index >= 15 is 0 Å². The van der Waals surface area contributed by atoms with Crippen molar-refractivity contribution in [1.29, 1.82) is 0 Å². The van der Waals surface area contributed by atoms with Crippen LogP contribution in [0.5, 0.6) is 0 Å². The van der Waals surface area contributed by atoms with Crippen LogP contribution >= 0.6 is 0 Å². The second kappa shape index (κ2) is 6.61. The summed E-state index contributed by atoms with van der Waals surface area (Å²) in [5, 5.41) is 4.54. The van der Waals surface area contributed by atoms with E-state index in [0.717, 1.165) is 32.7 Å². The molecule has 0 aromatic carbocycles. The Labute approximate surface area is 137 Å². The number of carbonyl (C=O) groups is 1. The van der Waals surface area contributed by atoms with Crippen molar-refractivity contribution in [3.63, 3.8) is 0 Å². The highest BCUT2D eigenvalue weighted by molar-refractivity contribution is 5.79. The maximum Gasteiger partial charge on any atom is 0.237 e. The standard InChI is InChI=1S/C17H26N4O2/c22-17-12-19(8-9-20(17)16-6-10-23-13-16)11-15-5-7-18-21(15)14-3-1-2-4-14/h5,7,14,16H,1-4,6,8-13H2. The van der Waals surface area contributed by atoms with E-state index in [1.165, 1.54) is 31.4 Å². The van der Waals surface area contributed by atoms with Gasteiger partial charge in [0, 0.05) is 32.4 Å². The van der Waals surface area contributed by atoms with Gasteiger partial charge < -0.3 is 9.64 Å². The van der Waals surface area contributed by atoms with Crippen LogP contribution in [0, 0.1) is 0 Å². The number of aromatic nitrogens is 2. The van der Waals surface area contributed by atoms with E-state index in [0.29, 0.717) is 25.2 Å². The van der Waals surface area contributed by atoms with Crippen molar-refractivity contribution in [2.75, 3.05) is 32.8 Å². The Bertz CT molecular complexity index is 547. The molecule has 3 fully saturated rings. The Morgan fingerprint density at radius 2 is 2.04 bits per heavy atom. The zero-order valence-electron chi connectivity index (χ0n) is 13.7. The van der Waals surface area contributed by atoms with Gasteiger partial charge in [-0.1, -0.05) is 12.8 Å². The summed E-state index contributed by atoms with van der Waals surface area (Å²) < 4.78 is 7.63. The number of rotatable bonds is 4. The molecule has 1 unspecified atom stereocenters. The lowest BCUT2D eigenvalue weighted by Gasteiger charge is -2.37. The molecule has 1 amide bonds. The molecular weight excluding hydrogens is 292 g/mol. The van der Waals surface area contributed by atoms with Crippen molar-refractivity contribution < 1.29 is 9.53 Å².